The van der Waals surface area contributed by atoms with Crippen LogP contribution in [-0.4, -0.2) is 23.0 Å². The normalized spacial score (nSPS) is 12.4. The Morgan fingerprint density at radius 1 is 1.10 bits per heavy atom. The fourth-order valence-corrected chi connectivity index (χ4v) is 2.47. The Balaban J connectivity index is 2.27. The molecule has 0 aliphatic rings. The van der Waals surface area contributed by atoms with Crippen molar-refractivity contribution in [3.05, 3.63) is 46.4 Å². The Kier molecular flexibility index (Phi) is 4.63. The lowest BCUT2D eigenvalue weighted by atomic mass is 10.0. The van der Waals surface area contributed by atoms with Crippen LogP contribution in [0.5, 0.6) is 0 Å². The number of hydrogen-bond donors (Lipinski definition) is 2. The summed E-state index contributed by atoms with van der Waals surface area (Å²) in [6.07, 6.45) is 0. The van der Waals surface area contributed by atoms with E-state index in [1.54, 1.807) is 26.0 Å². The van der Waals surface area contributed by atoms with E-state index in [9.17, 15) is 9.59 Å². The van der Waals surface area contributed by atoms with Gasteiger partial charge in [-0.3, -0.25) is 4.79 Å². The number of carboxylic acids is 1. The first-order valence-corrected chi connectivity index (χ1v) is 7.41. The molecule has 21 heavy (non-hydrogen) atoms. The van der Waals surface area contributed by atoms with Crippen molar-refractivity contribution in [1.82, 2.24) is 5.32 Å². The molecule has 1 atom stereocenters. The molecule has 0 aromatic heterocycles. The van der Waals surface area contributed by atoms with Crippen molar-refractivity contribution in [1.29, 1.82) is 0 Å². The summed E-state index contributed by atoms with van der Waals surface area (Å²) in [5.41, 5.74) is 0.455. The van der Waals surface area contributed by atoms with Gasteiger partial charge in [-0.1, -0.05) is 41.9 Å². The quantitative estimate of drug-likeness (QED) is 0.888. The summed E-state index contributed by atoms with van der Waals surface area (Å²) in [6, 6.07) is 10.2. The molecule has 1 unspecified atom stereocenters. The predicted octanol–water partition coefficient (Wildman–Crippen LogP) is 3.44. The Morgan fingerprint density at radius 3 is 2.33 bits per heavy atom. The summed E-state index contributed by atoms with van der Waals surface area (Å²) in [5.74, 6) is -1.58. The van der Waals surface area contributed by atoms with E-state index in [2.05, 4.69) is 21.2 Å². The molecule has 0 aliphatic carbocycles. The largest absolute Gasteiger partial charge is 0.480 e. The second kappa shape index (κ2) is 6.26. The fourth-order valence-electron chi connectivity index (χ4n) is 2.10. The Bertz CT molecular complexity index is 697. The highest BCUT2D eigenvalue weighted by molar-refractivity contribution is 9.10. The number of nitrogens with one attached hydrogen (secondary N) is 1. The number of carboxylic acid groups (broad SMARTS) is 1. The van der Waals surface area contributed by atoms with Crippen LogP contribution in [0.3, 0.4) is 0 Å². The highest BCUT2D eigenvalue weighted by Gasteiger charge is 2.23. The Hall–Kier alpha value is -1.88. The van der Waals surface area contributed by atoms with Crippen LogP contribution in [0, 0.1) is 5.92 Å². The molecule has 0 aliphatic heterocycles. The van der Waals surface area contributed by atoms with E-state index in [4.69, 9.17) is 5.11 Å². The SMILES string of the molecule is CC(C)C(NC(=O)c1ccc2cc(Br)ccc2c1)C(=O)O. The van der Waals surface area contributed by atoms with E-state index in [1.807, 2.05) is 24.3 Å². The molecule has 0 bridgehead atoms. The summed E-state index contributed by atoms with van der Waals surface area (Å²) in [7, 11) is 0. The van der Waals surface area contributed by atoms with E-state index in [0.29, 0.717) is 5.56 Å². The maximum atomic E-state index is 12.2. The van der Waals surface area contributed by atoms with Gasteiger partial charge in [0.15, 0.2) is 0 Å². The maximum absolute atomic E-state index is 12.2. The number of aliphatic carboxylic acids is 1. The maximum Gasteiger partial charge on any atom is 0.326 e. The number of benzene rings is 2. The number of rotatable bonds is 4. The molecule has 0 saturated carbocycles. The zero-order chi connectivity index (χ0) is 15.6. The smallest absolute Gasteiger partial charge is 0.326 e. The van der Waals surface area contributed by atoms with Crippen molar-refractivity contribution >= 4 is 38.6 Å². The molecule has 2 rings (SSSR count). The van der Waals surface area contributed by atoms with Gasteiger partial charge in [0, 0.05) is 10.0 Å². The molecule has 0 radical (unpaired) electrons. The lowest BCUT2D eigenvalue weighted by molar-refractivity contribution is -0.140. The van der Waals surface area contributed by atoms with Gasteiger partial charge >= 0.3 is 5.97 Å². The summed E-state index contributed by atoms with van der Waals surface area (Å²) in [5, 5.41) is 13.6. The van der Waals surface area contributed by atoms with Crippen molar-refractivity contribution in [3.63, 3.8) is 0 Å². The highest BCUT2D eigenvalue weighted by atomic mass is 79.9. The first-order valence-electron chi connectivity index (χ1n) is 6.61. The molecule has 1 amide bonds. The van der Waals surface area contributed by atoms with Crippen LogP contribution < -0.4 is 5.32 Å². The standard InChI is InChI=1S/C16H16BrNO3/c1-9(2)14(16(20)21)18-15(19)12-4-3-11-8-13(17)6-5-10(11)7-12/h3-9,14H,1-2H3,(H,18,19)(H,20,21). The van der Waals surface area contributed by atoms with E-state index in [0.717, 1.165) is 15.2 Å². The van der Waals surface area contributed by atoms with Crippen molar-refractivity contribution in [2.75, 3.05) is 0 Å². The van der Waals surface area contributed by atoms with Crippen LogP contribution in [0.4, 0.5) is 0 Å². The van der Waals surface area contributed by atoms with Crippen LogP contribution in [-0.2, 0) is 4.79 Å². The number of carbonyl (C=O) groups excluding carboxylic acids is 1. The van der Waals surface area contributed by atoms with Crippen LogP contribution in [0.1, 0.15) is 24.2 Å². The summed E-state index contributed by atoms with van der Waals surface area (Å²) in [4.78, 5) is 23.3. The van der Waals surface area contributed by atoms with Gasteiger partial charge in [0.25, 0.3) is 5.91 Å². The number of carbonyl (C=O) groups is 2. The van der Waals surface area contributed by atoms with Gasteiger partial charge in [0.1, 0.15) is 6.04 Å². The summed E-state index contributed by atoms with van der Waals surface area (Å²) >= 11 is 3.40. The third kappa shape index (κ3) is 3.61. The zero-order valence-corrected chi connectivity index (χ0v) is 13.3. The minimum Gasteiger partial charge on any atom is -0.480 e. The fraction of sp³-hybridized carbons (Fsp3) is 0.250. The number of hydrogen-bond acceptors (Lipinski definition) is 2. The molecule has 0 saturated heterocycles. The minimum absolute atomic E-state index is 0.178. The molecule has 0 fully saturated rings. The molecular formula is C16H16BrNO3. The first-order chi connectivity index (χ1) is 9.88. The van der Waals surface area contributed by atoms with Gasteiger partial charge in [-0.05, 0) is 41.0 Å². The molecule has 110 valence electrons. The number of fused-ring (bicyclic) bond motifs is 1. The third-order valence-electron chi connectivity index (χ3n) is 3.28. The second-order valence-corrected chi connectivity index (χ2v) is 6.16. The molecule has 2 N–H and O–H groups in total. The minimum atomic E-state index is -1.02. The van der Waals surface area contributed by atoms with E-state index >= 15 is 0 Å². The average Bonchev–Trinajstić information content (AvgIpc) is 2.43. The van der Waals surface area contributed by atoms with Crippen molar-refractivity contribution < 1.29 is 14.7 Å². The monoisotopic (exact) mass is 349 g/mol. The third-order valence-corrected chi connectivity index (χ3v) is 3.78. The van der Waals surface area contributed by atoms with Crippen molar-refractivity contribution in [3.8, 4) is 0 Å². The van der Waals surface area contributed by atoms with Crippen LogP contribution >= 0.6 is 15.9 Å². The van der Waals surface area contributed by atoms with E-state index < -0.39 is 12.0 Å². The van der Waals surface area contributed by atoms with Gasteiger partial charge in [0.2, 0.25) is 0 Å². The molecule has 0 spiro atoms. The van der Waals surface area contributed by atoms with Gasteiger partial charge in [-0.2, -0.15) is 0 Å². The average molecular weight is 350 g/mol. The van der Waals surface area contributed by atoms with Crippen molar-refractivity contribution in [2.24, 2.45) is 5.92 Å². The number of halogens is 1. The van der Waals surface area contributed by atoms with Crippen LogP contribution in [0.25, 0.3) is 10.8 Å². The van der Waals surface area contributed by atoms with Gasteiger partial charge < -0.3 is 10.4 Å². The first kappa shape index (κ1) is 15.5. The van der Waals surface area contributed by atoms with E-state index in [1.165, 1.54) is 0 Å². The Labute approximate surface area is 131 Å². The van der Waals surface area contributed by atoms with Crippen LogP contribution in [0.2, 0.25) is 0 Å². The topological polar surface area (TPSA) is 66.4 Å². The Morgan fingerprint density at radius 2 is 1.71 bits per heavy atom. The molecule has 5 heteroatoms. The van der Waals surface area contributed by atoms with Gasteiger partial charge in [-0.15, -0.1) is 0 Å². The number of amides is 1. The predicted molar refractivity (Wildman–Crippen MR) is 85.4 cm³/mol. The lowest BCUT2D eigenvalue weighted by Crippen LogP contribution is -2.44. The van der Waals surface area contributed by atoms with Gasteiger partial charge in [-0.25, -0.2) is 4.79 Å². The second-order valence-electron chi connectivity index (χ2n) is 5.24. The van der Waals surface area contributed by atoms with Crippen LogP contribution in [0.15, 0.2) is 40.9 Å². The highest BCUT2D eigenvalue weighted by Crippen LogP contribution is 2.21. The molecule has 4 nitrogen and oxygen atoms in total. The molecule has 2 aromatic rings. The van der Waals surface area contributed by atoms with Crippen molar-refractivity contribution in [2.45, 2.75) is 19.9 Å². The molecular weight excluding hydrogens is 334 g/mol. The molecule has 0 heterocycles. The molecule has 2 aromatic carbocycles. The zero-order valence-electron chi connectivity index (χ0n) is 11.8. The lowest BCUT2D eigenvalue weighted by Gasteiger charge is -2.18. The van der Waals surface area contributed by atoms with E-state index in [-0.39, 0.29) is 11.8 Å². The van der Waals surface area contributed by atoms with Gasteiger partial charge in [0.05, 0.1) is 0 Å². The summed E-state index contributed by atoms with van der Waals surface area (Å²) in [6.45, 7) is 3.52. The summed E-state index contributed by atoms with van der Waals surface area (Å²) < 4.78 is 0.970.